The maximum absolute atomic E-state index is 5.38. The molecule has 0 aliphatic carbocycles. The highest BCUT2D eigenvalue weighted by molar-refractivity contribution is 5.63. The van der Waals surface area contributed by atoms with Crippen molar-refractivity contribution in [2.24, 2.45) is 5.84 Å². The van der Waals surface area contributed by atoms with E-state index in [9.17, 15) is 0 Å². The number of hydrazine groups is 1. The van der Waals surface area contributed by atoms with Crippen molar-refractivity contribution in [2.45, 2.75) is 13.5 Å². The van der Waals surface area contributed by atoms with E-state index in [1.165, 1.54) is 17.5 Å². The molecule has 0 spiro atoms. The maximum Gasteiger partial charge on any atom is 0.205 e. The van der Waals surface area contributed by atoms with Crippen molar-refractivity contribution in [3.63, 3.8) is 0 Å². The fraction of sp³-hybridized carbons (Fsp3) is 0.231. The lowest BCUT2D eigenvalue weighted by Crippen LogP contribution is -2.12. The summed E-state index contributed by atoms with van der Waals surface area (Å²) in [5, 5.41) is 3.22. The molecule has 1 heterocycles. The van der Waals surface area contributed by atoms with Crippen LogP contribution in [0.1, 0.15) is 11.1 Å². The van der Waals surface area contributed by atoms with Crippen LogP contribution in [0, 0.1) is 6.92 Å². The summed E-state index contributed by atoms with van der Waals surface area (Å²) in [5.41, 5.74) is 4.90. The van der Waals surface area contributed by atoms with Gasteiger partial charge in [-0.3, -0.25) is 0 Å². The van der Waals surface area contributed by atoms with Gasteiger partial charge in [-0.25, -0.2) is 15.8 Å². The Labute approximate surface area is 112 Å². The average Bonchev–Trinajstić information content (AvgIpc) is 2.45. The number of aryl methyl sites for hydroxylation is 1. The minimum absolute atomic E-state index is 0.449. The lowest BCUT2D eigenvalue weighted by molar-refractivity contribution is 0.414. The Hall–Kier alpha value is -2.34. The highest BCUT2D eigenvalue weighted by Gasteiger charge is 2.10. The smallest absolute Gasteiger partial charge is 0.205 e. The van der Waals surface area contributed by atoms with Crippen LogP contribution in [0.15, 0.2) is 30.6 Å². The third-order valence-corrected chi connectivity index (χ3v) is 2.85. The second-order valence-corrected chi connectivity index (χ2v) is 4.03. The number of hydrogen-bond donors (Lipinski definition) is 3. The molecule has 0 radical (unpaired) electrons. The van der Waals surface area contributed by atoms with Gasteiger partial charge >= 0.3 is 0 Å². The zero-order valence-electron chi connectivity index (χ0n) is 11.0. The summed E-state index contributed by atoms with van der Waals surface area (Å²) in [5.74, 6) is 6.93. The predicted octanol–water partition coefficient (Wildman–Crippen LogP) is 1.69. The van der Waals surface area contributed by atoms with Gasteiger partial charge in [-0.1, -0.05) is 24.3 Å². The van der Waals surface area contributed by atoms with Gasteiger partial charge in [0.1, 0.15) is 6.33 Å². The first-order valence-electron chi connectivity index (χ1n) is 5.90. The van der Waals surface area contributed by atoms with Crippen LogP contribution in [0.4, 0.5) is 11.6 Å². The van der Waals surface area contributed by atoms with E-state index in [1.807, 2.05) is 12.1 Å². The Kier molecular flexibility index (Phi) is 4.15. The SMILES string of the molecule is COc1c(NN)ncnc1NCc1ccccc1C. The molecule has 0 saturated heterocycles. The Morgan fingerprint density at radius 1 is 1.21 bits per heavy atom. The van der Waals surface area contributed by atoms with Crippen molar-refractivity contribution in [1.29, 1.82) is 0 Å². The number of anilines is 2. The first-order chi connectivity index (χ1) is 9.26. The molecule has 0 amide bonds. The molecule has 1 aromatic carbocycles. The topological polar surface area (TPSA) is 85.1 Å². The Balaban J connectivity index is 2.18. The zero-order chi connectivity index (χ0) is 13.7. The molecule has 0 unspecified atom stereocenters. The van der Waals surface area contributed by atoms with Crippen LogP contribution in [-0.4, -0.2) is 17.1 Å². The van der Waals surface area contributed by atoms with Crippen molar-refractivity contribution in [3.8, 4) is 5.75 Å². The summed E-state index contributed by atoms with van der Waals surface area (Å²) in [6, 6.07) is 8.16. The second kappa shape index (κ2) is 6.01. The molecule has 19 heavy (non-hydrogen) atoms. The highest BCUT2D eigenvalue weighted by atomic mass is 16.5. The molecule has 4 N–H and O–H groups in total. The third-order valence-electron chi connectivity index (χ3n) is 2.85. The monoisotopic (exact) mass is 259 g/mol. The van der Waals surface area contributed by atoms with Gasteiger partial charge in [0.15, 0.2) is 11.6 Å². The van der Waals surface area contributed by atoms with E-state index in [1.54, 1.807) is 7.11 Å². The van der Waals surface area contributed by atoms with Crippen LogP contribution in [-0.2, 0) is 6.54 Å². The fourth-order valence-electron chi connectivity index (χ4n) is 1.78. The van der Waals surface area contributed by atoms with Gasteiger partial charge in [-0.2, -0.15) is 0 Å². The summed E-state index contributed by atoms with van der Waals surface area (Å²) in [6.45, 7) is 2.73. The Morgan fingerprint density at radius 3 is 2.63 bits per heavy atom. The van der Waals surface area contributed by atoms with Crippen LogP contribution in [0.5, 0.6) is 5.75 Å². The van der Waals surface area contributed by atoms with Gasteiger partial charge in [0.2, 0.25) is 5.75 Å². The molecule has 100 valence electrons. The van der Waals surface area contributed by atoms with Gasteiger partial charge in [0.05, 0.1) is 7.11 Å². The van der Waals surface area contributed by atoms with Crippen molar-refractivity contribution in [3.05, 3.63) is 41.7 Å². The number of methoxy groups -OCH3 is 1. The number of nitrogens with zero attached hydrogens (tertiary/aromatic N) is 2. The van der Waals surface area contributed by atoms with Gasteiger partial charge in [0, 0.05) is 6.54 Å². The summed E-state index contributed by atoms with van der Waals surface area (Å²) in [6.07, 6.45) is 1.43. The minimum Gasteiger partial charge on any atom is -0.490 e. The summed E-state index contributed by atoms with van der Waals surface area (Å²) in [4.78, 5) is 8.15. The van der Waals surface area contributed by atoms with Crippen molar-refractivity contribution < 1.29 is 4.74 Å². The predicted molar refractivity (Wildman–Crippen MR) is 74.9 cm³/mol. The van der Waals surface area contributed by atoms with E-state index in [0.29, 0.717) is 23.9 Å². The van der Waals surface area contributed by atoms with E-state index >= 15 is 0 Å². The largest absolute Gasteiger partial charge is 0.490 e. The Bertz CT molecular complexity index is 558. The number of hydrogen-bond acceptors (Lipinski definition) is 6. The summed E-state index contributed by atoms with van der Waals surface area (Å²) >= 11 is 0. The first kappa shape index (κ1) is 13.1. The Morgan fingerprint density at radius 2 is 1.95 bits per heavy atom. The average molecular weight is 259 g/mol. The second-order valence-electron chi connectivity index (χ2n) is 4.03. The molecule has 6 heteroatoms. The molecule has 0 atom stereocenters. The standard InChI is InChI=1S/C13H17N5O/c1-9-5-3-4-6-10(9)7-15-12-11(19-2)13(18-14)17-8-16-12/h3-6,8H,7,14H2,1-2H3,(H2,15,16,17,18). The van der Waals surface area contributed by atoms with Gasteiger partial charge in [0.25, 0.3) is 0 Å². The van der Waals surface area contributed by atoms with Gasteiger partial charge in [-0.05, 0) is 18.1 Å². The van der Waals surface area contributed by atoms with Crippen molar-refractivity contribution in [1.82, 2.24) is 9.97 Å². The molecule has 2 rings (SSSR count). The number of benzene rings is 1. The molecule has 0 aliphatic heterocycles. The number of aromatic nitrogens is 2. The lowest BCUT2D eigenvalue weighted by atomic mass is 10.1. The molecule has 0 saturated carbocycles. The molecule has 2 aromatic rings. The molecule has 0 bridgehead atoms. The normalized spacial score (nSPS) is 10.1. The molecular weight excluding hydrogens is 242 g/mol. The molecular formula is C13H17N5O. The number of nitrogens with two attached hydrogens (primary N) is 1. The van der Waals surface area contributed by atoms with Gasteiger partial charge in [-0.15, -0.1) is 0 Å². The van der Waals surface area contributed by atoms with E-state index in [2.05, 4.69) is 39.8 Å². The van der Waals surface area contributed by atoms with E-state index < -0.39 is 0 Å². The van der Waals surface area contributed by atoms with E-state index in [4.69, 9.17) is 10.6 Å². The number of nitrogens with one attached hydrogen (secondary N) is 2. The van der Waals surface area contributed by atoms with Crippen molar-refractivity contribution in [2.75, 3.05) is 17.9 Å². The minimum atomic E-state index is 0.449. The quantitative estimate of drug-likeness (QED) is 0.559. The summed E-state index contributed by atoms with van der Waals surface area (Å²) < 4.78 is 5.26. The molecule has 0 aliphatic rings. The van der Waals surface area contributed by atoms with Crippen molar-refractivity contribution >= 4 is 11.6 Å². The molecule has 0 fully saturated rings. The van der Waals surface area contributed by atoms with E-state index in [0.717, 1.165) is 0 Å². The van der Waals surface area contributed by atoms with Crippen LogP contribution in [0.3, 0.4) is 0 Å². The van der Waals surface area contributed by atoms with Gasteiger partial charge < -0.3 is 15.5 Å². The summed E-state index contributed by atoms with van der Waals surface area (Å²) in [7, 11) is 1.55. The first-order valence-corrected chi connectivity index (χ1v) is 5.90. The lowest BCUT2D eigenvalue weighted by Gasteiger charge is -2.13. The third kappa shape index (κ3) is 2.92. The van der Waals surface area contributed by atoms with Crippen LogP contribution >= 0.6 is 0 Å². The fourth-order valence-corrected chi connectivity index (χ4v) is 1.78. The molecule has 6 nitrogen and oxygen atoms in total. The van der Waals surface area contributed by atoms with Crippen LogP contribution in [0.25, 0.3) is 0 Å². The van der Waals surface area contributed by atoms with Crippen LogP contribution in [0.2, 0.25) is 0 Å². The zero-order valence-corrected chi connectivity index (χ0v) is 11.0. The van der Waals surface area contributed by atoms with Crippen LogP contribution < -0.4 is 21.3 Å². The number of nitrogen functional groups attached to an aromatic ring is 1. The number of ether oxygens (including phenoxy) is 1. The molecule has 1 aromatic heterocycles. The number of rotatable bonds is 5. The maximum atomic E-state index is 5.38. The highest BCUT2D eigenvalue weighted by Crippen LogP contribution is 2.28. The van der Waals surface area contributed by atoms with E-state index in [-0.39, 0.29) is 0 Å².